The fourth-order valence-electron chi connectivity index (χ4n) is 2.71. The molecule has 0 aromatic carbocycles. The SMILES string of the molecule is CCCNc1cc(C(=O)NC2CCN(C(=O)OCC)CC2)nc(C)n1. The van der Waals surface area contributed by atoms with Gasteiger partial charge in [-0.2, -0.15) is 0 Å². The number of rotatable bonds is 6. The van der Waals surface area contributed by atoms with Gasteiger partial charge in [-0.25, -0.2) is 14.8 Å². The summed E-state index contributed by atoms with van der Waals surface area (Å²) in [7, 11) is 0. The van der Waals surface area contributed by atoms with E-state index >= 15 is 0 Å². The van der Waals surface area contributed by atoms with Crippen molar-refractivity contribution >= 4 is 17.8 Å². The van der Waals surface area contributed by atoms with Gasteiger partial charge in [-0.15, -0.1) is 0 Å². The van der Waals surface area contributed by atoms with Crippen LogP contribution in [0.3, 0.4) is 0 Å². The van der Waals surface area contributed by atoms with Crippen molar-refractivity contribution in [3.05, 3.63) is 17.6 Å². The molecule has 0 bridgehead atoms. The van der Waals surface area contributed by atoms with E-state index in [9.17, 15) is 9.59 Å². The predicted molar refractivity (Wildman–Crippen MR) is 94.6 cm³/mol. The number of anilines is 1. The molecule has 0 atom stereocenters. The van der Waals surface area contributed by atoms with Crippen molar-refractivity contribution in [1.82, 2.24) is 20.2 Å². The summed E-state index contributed by atoms with van der Waals surface area (Å²) in [6.07, 6.45) is 2.10. The van der Waals surface area contributed by atoms with Gasteiger partial charge < -0.3 is 20.3 Å². The fraction of sp³-hybridized carbons (Fsp3) is 0.647. The van der Waals surface area contributed by atoms with Crippen LogP contribution in [0.5, 0.6) is 0 Å². The minimum absolute atomic E-state index is 0.0282. The molecule has 8 heteroatoms. The third-order valence-corrected chi connectivity index (χ3v) is 3.98. The van der Waals surface area contributed by atoms with Crippen LogP contribution in [0.2, 0.25) is 0 Å². The summed E-state index contributed by atoms with van der Waals surface area (Å²) >= 11 is 0. The monoisotopic (exact) mass is 349 g/mol. The third-order valence-electron chi connectivity index (χ3n) is 3.98. The molecule has 1 fully saturated rings. The maximum Gasteiger partial charge on any atom is 0.409 e. The topological polar surface area (TPSA) is 96.5 Å². The van der Waals surface area contributed by atoms with E-state index in [-0.39, 0.29) is 18.0 Å². The van der Waals surface area contributed by atoms with Crippen molar-refractivity contribution in [2.45, 2.75) is 46.1 Å². The second kappa shape index (κ2) is 9.19. The van der Waals surface area contributed by atoms with Gasteiger partial charge in [0, 0.05) is 31.7 Å². The normalized spacial score (nSPS) is 14.9. The van der Waals surface area contributed by atoms with E-state index in [0.717, 1.165) is 13.0 Å². The second-order valence-electron chi connectivity index (χ2n) is 6.05. The molecule has 1 aliphatic heterocycles. The van der Waals surface area contributed by atoms with Crippen molar-refractivity contribution in [3.63, 3.8) is 0 Å². The van der Waals surface area contributed by atoms with Crippen LogP contribution in [0.25, 0.3) is 0 Å². The molecule has 1 saturated heterocycles. The zero-order valence-corrected chi connectivity index (χ0v) is 15.2. The smallest absolute Gasteiger partial charge is 0.409 e. The number of nitrogens with zero attached hydrogens (tertiary/aromatic N) is 3. The Hall–Kier alpha value is -2.38. The molecule has 2 amide bonds. The number of aryl methyl sites for hydroxylation is 1. The van der Waals surface area contributed by atoms with Crippen LogP contribution in [0.4, 0.5) is 10.6 Å². The average Bonchev–Trinajstić information content (AvgIpc) is 2.60. The lowest BCUT2D eigenvalue weighted by molar-refractivity contribution is 0.0856. The Morgan fingerprint density at radius 3 is 2.64 bits per heavy atom. The Labute approximate surface area is 148 Å². The quantitative estimate of drug-likeness (QED) is 0.815. The number of carbonyl (C=O) groups is 2. The highest BCUT2D eigenvalue weighted by molar-refractivity contribution is 5.93. The van der Waals surface area contributed by atoms with E-state index in [2.05, 4.69) is 27.5 Å². The van der Waals surface area contributed by atoms with Crippen LogP contribution in [0.1, 0.15) is 49.4 Å². The van der Waals surface area contributed by atoms with E-state index in [1.807, 2.05) is 0 Å². The number of hydrogen-bond donors (Lipinski definition) is 2. The molecule has 138 valence electrons. The van der Waals surface area contributed by atoms with Crippen molar-refractivity contribution in [2.24, 2.45) is 0 Å². The van der Waals surface area contributed by atoms with Crippen LogP contribution < -0.4 is 10.6 Å². The molecule has 0 radical (unpaired) electrons. The number of hydrogen-bond acceptors (Lipinski definition) is 6. The van der Waals surface area contributed by atoms with Crippen LogP contribution in [-0.2, 0) is 4.74 Å². The largest absolute Gasteiger partial charge is 0.450 e. The van der Waals surface area contributed by atoms with Crippen molar-refractivity contribution in [3.8, 4) is 0 Å². The van der Waals surface area contributed by atoms with E-state index in [4.69, 9.17) is 4.74 Å². The summed E-state index contributed by atoms with van der Waals surface area (Å²) in [5, 5.41) is 6.18. The van der Waals surface area contributed by atoms with Crippen LogP contribution in [0, 0.1) is 6.92 Å². The van der Waals surface area contributed by atoms with Gasteiger partial charge in [-0.05, 0) is 33.1 Å². The average molecular weight is 349 g/mol. The first-order chi connectivity index (χ1) is 12.0. The van der Waals surface area contributed by atoms with Gasteiger partial charge >= 0.3 is 6.09 Å². The van der Waals surface area contributed by atoms with Crippen molar-refractivity contribution in [1.29, 1.82) is 0 Å². The molecule has 2 N–H and O–H groups in total. The molecule has 1 aliphatic rings. The molecule has 0 saturated carbocycles. The van der Waals surface area contributed by atoms with Gasteiger partial charge in [-0.3, -0.25) is 4.79 Å². The summed E-state index contributed by atoms with van der Waals surface area (Å²) in [5.41, 5.74) is 0.360. The molecular formula is C17H27N5O3. The van der Waals surface area contributed by atoms with Gasteiger partial charge in [-0.1, -0.05) is 6.92 Å². The highest BCUT2D eigenvalue weighted by atomic mass is 16.6. The number of carbonyl (C=O) groups excluding carboxylic acids is 2. The van der Waals surface area contributed by atoms with Crippen LogP contribution in [-0.4, -0.2) is 59.2 Å². The summed E-state index contributed by atoms with van der Waals surface area (Å²) in [4.78, 5) is 34.4. The maximum atomic E-state index is 12.5. The molecule has 0 aliphatic carbocycles. The van der Waals surface area contributed by atoms with Gasteiger partial charge in [0.2, 0.25) is 0 Å². The minimum atomic E-state index is -0.287. The lowest BCUT2D eigenvalue weighted by atomic mass is 10.1. The summed E-state index contributed by atoms with van der Waals surface area (Å²) < 4.78 is 5.00. The van der Waals surface area contributed by atoms with Gasteiger partial charge in [0.05, 0.1) is 6.61 Å². The molecule has 2 heterocycles. The Morgan fingerprint density at radius 2 is 2.00 bits per heavy atom. The van der Waals surface area contributed by atoms with E-state index < -0.39 is 0 Å². The fourth-order valence-corrected chi connectivity index (χ4v) is 2.71. The first kappa shape index (κ1) is 19.0. The molecular weight excluding hydrogens is 322 g/mol. The molecule has 25 heavy (non-hydrogen) atoms. The second-order valence-corrected chi connectivity index (χ2v) is 6.05. The summed E-state index contributed by atoms with van der Waals surface area (Å²) in [6.45, 7) is 7.95. The molecule has 1 aromatic heterocycles. The Morgan fingerprint density at radius 1 is 1.28 bits per heavy atom. The van der Waals surface area contributed by atoms with Crippen LogP contribution in [0.15, 0.2) is 6.07 Å². The first-order valence-corrected chi connectivity index (χ1v) is 8.85. The number of amides is 2. The summed E-state index contributed by atoms with van der Waals surface area (Å²) in [6, 6.07) is 1.70. The predicted octanol–water partition coefficient (Wildman–Crippen LogP) is 1.96. The molecule has 2 rings (SSSR count). The summed E-state index contributed by atoms with van der Waals surface area (Å²) in [5.74, 6) is 1.01. The Kier molecular flexibility index (Phi) is 6.97. The Bertz CT molecular complexity index is 600. The number of likely N-dealkylation sites (tertiary alicyclic amines) is 1. The highest BCUT2D eigenvalue weighted by Gasteiger charge is 2.25. The third kappa shape index (κ3) is 5.58. The number of ether oxygens (including phenoxy) is 1. The number of nitrogens with one attached hydrogen (secondary N) is 2. The van der Waals surface area contributed by atoms with Crippen molar-refractivity contribution in [2.75, 3.05) is 31.6 Å². The van der Waals surface area contributed by atoms with E-state index in [0.29, 0.717) is 49.9 Å². The Balaban J connectivity index is 1.90. The lowest BCUT2D eigenvalue weighted by Gasteiger charge is -2.31. The molecule has 0 unspecified atom stereocenters. The molecule has 0 spiro atoms. The minimum Gasteiger partial charge on any atom is -0.450 e. The van der Waals surface area contributed by atoms with Crippen molar-refractivity contribution < 1.29 is 14.3 Å². The standard InChI is InChI=1S/C17H27N5O3/c1-4-8-18-15-11-14(19-12(3)20-15)16(23)21-13-6-9-22(10-7-13)17(24)25-5-2/h11,13H,4-10H2,1-3H3,(H,21,23)(H,18,19,20). The van der Waals surface area contributed by atoms with Gasteiger partial charge in [0.1, 0.15) is 17.3 Å². The van der Waals surface area contributed by atoms with E-state index in [1.165, 1.54) is 0 Å². The highest BCUT2D eigenvalue weighted by Crippen LogP contribution is 2.13. The van der Waals surface area contributed by atoms with Crippen LogP contribution >= 0.6 is 0 Å². The van der Waals surface area contributed by atoms with Gasteiger partial charge in [0.25, 0.3) is 5.91 Å². The number of piperidine rings is 1. The zero-order chi connectivity index (χ0) is 18.2. The maximum absolute atomic E-state index is 12.5. The van der Waals surface area contributed by atoms with Gasteiger partial charge in [0.15, 0.2) is 0 Å². The first-order valence-electron chi connectivity index (χ1n) is 8.85. The number of aromatic nitrogens is 2. The lowest BCUT2D eigenvalue weighted by Crippen LogP contribution is -2.46. The molecule has 1 aromatic rings. The molecule has 8 nitrogen and oxygen atoms in total. The zero-order valence-electron chi connectivity index (χ0n) is 15.2. The van der Waals surface area contributed by atoms with E-state index in [1.54, 1.807) is 24.8 Å².